The van der Waals surface area contributed by atoms with Crippen molar-refractivity contribution in [2.24, 2.45) is 4.99 Å². The Balaban J connectivity index is 1.21. The molecular formula is C46H29N3S. The third-order valence-corrected chi connectivity index (χ3v) is 11.5. The highest BCUT2D eigenvalue weighted by Crippen LogP contribution is 2.47. The number of aliphatic imine (C=N–C) groups is 1. The first-order chi connectivity index (χ1) is 24.8. The van der Waals surface area contributed by atoms with E-state index in [1.54, 1.807) is 0 Å². The smallest absolute Gasteiger partial charge is 0.0953 e. The van der Waals surface area contributed by atoms with Crippen LogP contribution in [-0.4, -0.2) is 10.3 Å². The van der Waals surface area contributed by atoms with Crippen molar-refractivity contribution in [3.63, 3.8) is 0 Å². The second kappa shape index (κ2) is 10.6. The first kappa shape index (κ1) is 27.7. The number of hydrogen-bond donors (Lipinski definition) is 1. The molecule has 0 amide bonds. The number of benzene rings is 8. The molecule has 0 aliphatic carbocycles. The van der Waals surface area contributed by atoms with Crippen LogP contribution in [0.25, 0.3) is 69.6 Å². The van der Waals surface area contributed by atoms with Crippen LogP contribution < -0.4 is 5.32 Å². The van der Waals surface area contributed by atoms with Gasteiger partial charge in [0, 0.05) is 36.6 Å². The van der Waals surface area contributed by atoms with Crippen LogP contribution in [0.2, 0.25) is 0 Å². The molecule has 0 bridgehead atoms. The summed E-state index contributed by atoms with van der Waals surface area (Å²) >= 11 is 1.90. The van der Waals surface area contributed by atoms with Crippen molar-refractivity contribution in [3.8, 4) is 16.8 Å². The molecule has 1 aliphatic heterocycles. The highest BCUT2D eigenvalue weighted by molar-refractivity contribution is 7.24. The zero-order valence-electron chi connectivity index (χ0n) is 27.0. The lowest BCUT2D eigenvalue weighted by molar-refractivity contribution is 1.01. The minimum Gasteiger partial charge on any atom is -0.371 e. The van der Waals surface area contributed by atoms with Crippen LogP contribution in [0.3, 0.4) is 0 Å². The zero-order chi connectivity index (χ0) is 32.8. The summed E-state index contributed by atoms with van der Waals surface area (Å²) in [4.78, 5) is 5.28. The van der Waals surface area contributed by atoms with E-state index < -0.39 is 0 Å². The van der Waals surface area contributed by atoms with Crippen LogP contribution >= 0.6 is 11.3 Å². The van der Waals surface area contributed by atoms with E-state index in [0.29, 0.717) is 0 Å². The van der Waals surface area contributed by atoms with Crippen molar-refractivity contribution < 1.29 is 0 Å². The number of fused-ring (bicyclic) bond motifs is 1. The molecule has 50 heavy (non-hydrogen) atoms. The lowest BCUT2D eigenvalue weighted by atomic mass is 9.88. The van der Waals surface area contributed by atoms with Gasteiger partial charge in [-0.25, -0.2) is 4.99 Å². The molecule has 11 rings (SSSR count). The van der Waals surface area contributed by atoms with Gasteiger partial charge in [0.15, 0.2) is 0 Å². The summed E-state index contributed by atoms with van der Waals surface area (Å²) in [5.41, 5.74) is 11.3. The minimum atomic E-state index is -0.143. The molecule has 1 aliphatic rings. The topological polar surface area (TPSA) is 29.3 Å². The molecule has 2 aromatic heterocycles. The molecule has 0 saturated carbocycles. The third kappa shape index (κ3) is 4.00. The fourth-order valence-electron chi connectivity index (χ4n) is 8.22. The molecule has 1 N–H and O–H groups in total. The van der Waals surface area contributed by atoms with E-state index in [0.717, 1.165) is 28.3 Å². The van der Waals surface area contributed by atoms with Gasteiger partial charge in [-0.15, -0.1) is 11.3 Å². The Morgan fingerprint density at radius 2 is 1.14 bits per heavy atom. The van der Waals surface area contributed by atoms with Gasteiger partial charge in [0.1, 0.15) is 0 Å². The number of nitrogens with one attached hydrogen (secondary N) is 1. The average Bonchev–Trinajstić information content (AvgIpc) is 3.44. The number of aromatic nitrogens is 1. The Labute approximate surface area is 292 Å². The highest BCUT2D eigenvalue weighted by Gasteiger charge is 2.28. The van der Waals surface area contributed by atoms with Gasteiger partial charge in [-0.2, -0.15) is 0 Å². The van der Waals surface area contributed by atoms with Gasteiger partial charge in [0.2, 0.25) is 0 Å². The Bertz CT molecular complexity index is 2850. The normalized spacial score (nSPS) is 14.5. The number of hydrogen-bond acceptors (Lipinski definition) is 3. The molecule has 0 spiro atoms. The Hall–Kier alpha value is -6.23. The average molecular weight is 656 g/mol. The third-order valence-electron chi connectivity index (χ3n) is 10.4. The van der Waals surface area contributed by atoms with E-state index in [4.69, 9.17) is 4.99 Å². The van der Waals surface area contributed by atoms with Crippen molar-refractivity contribution in [3.05, 3.63) is 175 Å². The predicted molar refractivity (Wildman–Crippen MR) is 213 cm³/mol. The van der Waals surface area contributed by atoms with Gasteiger partial charge in [-0.1, -0.05) is 115 Å². The molecule has 3 nitrogen and oxygen atoms in total. The maximum atomic E-state index is 5.28. The van der Waals surface area contributed by atoms with Crippen molar-refractivity contribution in [2.75, 3.05) is 5.32 Å². The molecule has 3 heterocycles. The maximum absolute atomic E-state index is 5.28. The quantitative estimate of drug-likeness (QED) is 0.201. The zero-order valence-corrected chi connectivity index (χ0v) is 27.8. The van der Waals surface area contributed by atoms with E-state index in [1.165, 1.54) is 69.4 Å². The fraction of sp³-hybridized carbons (Fsp3) is 0.0217. The van der Waals surface area contributed by atoms with E-state index in [9.17, 15) is 0 Å². The Kier molecular flexibility index (Phi) is 5.89. The summed E-state index contributed by atoms with van der Waals surface area (Å²) in [5.74, 6) is 0. The van der Waals surface area contributed by atoms with Crippen molar-refractivity contribution in [2.45, 2.75) is 6.04 Å². The maximum Gasteiger partial charge on any atom is 0.0953 e. The summed E-state index contributed by atoms with van der Waals surface area (Å²) in [6.45, 7) is 0. The van der Waals surface area contributed by atoms with Crippen molar-refractivity contribution in [1.82, 2.24) is 4.57 Å². The van der Waals surface area contributed by atoms with Crippen LogP contribution in [0.15, 0.2) is 169 Å². The first-order valence-corrected chi connectivity index (χ1v) is 17.9. The van der Waals surface area contributed by atoms with Crippen LogP contribution in [0.5, 0.6) is 0 Å². The van der Waals surface area contributed by atoms with Crippen molar-refractivity contribution >= 4 is 81.2 Å². The van der Waals surface area contributed by atoms with Gasteiger partial charge in [-0.05, 0) is 81.6 Å². The summed E-state index contributed by atoms with van der Waals surface area (Å²) in [6.07, 6.45) is 0. The Morgan fingerprint density at radius 3 is 1.82 bits per heavy atom. The molecule has 0 saturated heterocycles. The summed E-state index contributed by atoms with van der Waals surface area (Å²) < 4.78 is 5.11. The molecule has 4 heteroatoms. The molecule has 8 aromatic carbocycles. The molecule has 10 aromatic rings. The van der Waals surface area contributed by atoms with Crippen LogP contribution in [0, 0.1) is 0 Å². The van der Waals surface area contributed by atoms with Crippen LogP contribution in [0.1, 0.15) is 17.2 Å². The van der Waals surface area contributed by atoms with Crippen LogP contribution in [-0.2, 0) is 0 Å². The summed E-state index contributed by atoms with van der Waals surface area (Å²) in [5, 5.41) is 11.8. The molecule has 0 radical (unpaired) electrons. The number of nitrogens with zero attached hydrogens (tertiary/aromatic N) is 2. The highest BCUT2D eigenvalue weighted by atomic mass is 32.1. The summed E-state index contributed by atoms with van der Waals surface area (Å²) in [6, 6.07) is 59.3. The largest absolute Gasteiger partial charge is 0.371 e. The molecule has 234 valence electrons. The van der Waals surface area contributed by atoms with Gasteiger partial charge < -0.3 is 9.88 Å². The first-order valence-electron chi connectivity index (χ1n) is 17.1. The second-order valence-corrected chi connectivity index (χ2v) is 14.2. The van der Waals surface area contributed by atoms with Crippen LogP contribution in [0.4, 0.5) is 11.4 Å². The molecule has 0 fully saturated rings. The Morgan fingerprint density at radius 1 is 0.520 bits per heavy atom. The van der Waals surface area contributed by atoms with Gasteiger partial charge in [0.05, 0.1) is 34.2 Å². The fourth-order valence-corrected chi connectivity index (χ4v) is 9.40. The van der Waals surface area contributed by atoms with E-state index in [1.807, 2.05) is 11.3 Å². The molecule has 1 unspecified atom stereocenters. The second-order valence-electron chi connectivity index (χ2n) is 13.2. The SMILES string of the molecule is c1ccc(C2=Nc3ccccc3NC2c2ccc(-n3c4ccc5cccc6sc7cccc8ccc3c(c87)c4c56)cc2-c2ccccc2)cc1. The standard InChI is InChI=1S/C46H29N3S/c1-3-11-28(12-4-1)34-27-32(23-24-33(34)46-45(31-13-5-2-6-14-31)47-35-17-7-8-18-36(35)48-46)49-37-25-21-29-15-9-19-39-41(29)43(37)44-38(49)26-22-30-16-10-20-40(50-39)42(30)44/h1-27,46,48H. The van der Waals surface area contributed by atoms with Gasteiger partial charge in [0.25, 0.3) is 0 Å². The lowest BCUT2D eigenvalue weighted by Gasteiger charge is -2.30. The van der Waals surface area contributed by atoms with Gasteiger partial charge in [-0.3, -0.25) is 0 Å². The van der Waals surface area contributed by atoms with E-state index in [-0.39, 0.29) is 6.04 Å². The predicted octanol–water partition coefficient (Wildman–Crippen LogP) is 12.7. The number of anilines is 1. The molecular weight excluding hydrogens is 627 g/mol. The minimum absolute atomic E-state index is 0.143. The lowest BCUT2D eigenvalue weighted by Crippen LogP contribution is -2.25. The summed E-state index contributed by atoms with van der Waals surface area (Å²) in [7, 11) is 0. The number of para-hydroxylation sites is 2. The number of rotatable bonds is 4. The van der Waals surface area contributed by atoms with Crippen molar-refractivity contribution in [1.29, 1.82) is 0 Å². The van der Waals surface area contributed by atoms with E-state index >= 15 is 0 Å². The monoisotopic (exact) mass is 655 g/mol. The van der Waals surface area contributed by atoms with Gasteiger partial charge >= 0.3 is 0 Å². The molecule has 1 atom stereocenters. The van der Waals surface area contributed by atoms with E-state index in [2.05, 4.69) is 174 Å².